The molecule has 2 aliphatic heterocycles. The minimum absolute atomic E-state index is 0.0680. The lowest BCUT2D eigenvalue weighted by atomic mass is 10.2. The van der Waals surface area contributed by atoms with Gasteiger partial charge in [-0.25, -0.2) is 33.2 Å². The van der Waals surface area contributed by atoms with Crippen LogP contribution in [0.3, 0.4) is 0 Å². The number of rotatable bonds is 9. The summed E-state index contributed by atoms with van der Waals surface area (Å²) >= 11 is 0. The standard InChI is InChI=1S/C29H29F2N9O3/c30-22-5-1-20(2-6-22)27-35-28(21-3-7-23(31)8-4-21)40(36-27)18-26(41)38-13-11-37(12-14-38)24-17-25(34-19-33-24)43-16-15-39-10-9-32-29(39)42/h1-8,17,19H,9-16,18H2,(H,32,42). The molecule has 0 unspecified atom stereocenters. The van der Waals surface area contributed by atoms with E-state index >= 15 is 0 Å². The van der Waals surface area contributed by atoms with Crippen molar-refractivity contribution < 1.29 is 23.1 Å². The van der Waals surface area contributed by atoms with Crippen LogP contribution in [0.2, 0.25) is 0 Å². The third kappa shape index (κ3) is 6.52. The van der Waals surface area contributed by atoms with Crippen molar-refractivity contribution >= 4 is 17.8 Å². The number of amides is 3. The highest BCUT2D eigenvalue weighted by Crippen LogP contribution is 2.24. The van der Waals surface area contributed by atoms with Crippen LogP contribution < -0.4 is 15.0 Å². The topological polar surface area (TPSA) is 122 Å². The van der Waals surface area contributed by atoms with Gasteiger partial charge in [-0.15, -0.1) is 5.10 Å². The Morgan fingerprint density at radius 1 is 0.907 bits per heavy atom. The fourth-order valence-corrected chi connectivity index (χ4v) is 4.97. The zero-order valence-corrected chi connectivity index (χ0v) is 23.2. The molecule has 4 heterocycles. The molecular formula is C29H29F2N9O3. The van der Waals surface area contributed by atoms with Crippen molar-refractivity contribution in [1.29, 1.82) is 0 Å². The van der Waals surface area contributed by atoms with Gasteiger partial charge in [-0.1, -0.05) is 0 Å². The van der Waals surface area contributed by atoms with E-state index in [-0.39, 0.29) is 30.1 Å². The third-order valence-corrected chi connectivity index (χ3v) is 7.30. The number of ether oxygens (including phenoxy) is 1. The molecule has 2 aromatic carbocycles. The molecular weight excluding hydrogens is 560 g/mol. The van der Waals surface area contributed by atoms with Crippen molar-refractivity contribution in [3.05, 3.63) is 72.6 Å². The van der Waals surface area contributed by atoms with Gasteiger partial charge in [0, 0.05) is 56.5 Å². The smallest absolute Gasteiger partial charge is 0.317 e. The monoisotopic (exact) mass is 589 g/mol. The van der Waals surface area contributed by atoms with Gasteiger partial charge in [-0.2, -0.15) is 0 Å². The minimum atomic E-state index is -0.388. The van der Waals surface area contributed by atoms with Gasteiger partial charge < -0.3 is 24.8 Å². The maximum absolute atomic E-state index is 13.6. The molecule has 2 aliphatic rings. The molecule has 0 saturated carbocycles. The average Bonchev–Trinajstić information content (AvgIpc) is 3.64. The second-order valence-electron chi connectivity index (χ2n) is 10.1. The van der Waals surface area contributed by atoms with E-state index in [1.54, 1.807) is 40.1 Å². The zero-order valence-electron chi connectivity index (χ0n) is 23.2. The number of anilines is 1. The summed E-state index contributed by atoms with van der Waals surface area (Å²) in [7, 11) is 0. The molecule has 2 fully saturated rings. The van der Waals surface area contributed by atoms with Crippen molar-refractivity contribution in [3.8, 4) is 28.7 Å². The molecule has 0 spiro atoms. The number of carbonyl (C=O) groups is 2. The minimum Gasteiger partial charge on any atom is -0.476 e. The van der Waals surface area contributed by atoms with Crippen LogP contribution in [0.1, 0.15) is 0 Å². The summed E-state index contributed by atoms with van der Waals surface area (Å²) < 4.78 is 34.3. The number of piperazine rings is 1. The first-order chi connectivity index (χ1) is 20.9. The van der Waals surface area contributed by atoms with E-state index in [9.17, 15) is 18.4 Å². The number of nitrogens with zero attached hydrogens (tertiary/aromatic N) is 8. The molecule has 3 amide bonds. The molecule has 0 radical (unpaired) electrons. The second-order valence-corrected chi connectivity index (χ2v) is 10.1. The van der Waals surface area contributed by atoms with Crippen LogP contribution >= 0.6 is 0 Å². The van der Waals surface area contributed by atoms with E-state index in [2.05, 4.69) is 30.3 Å². The number of nitrogens with one attached hydrogen (secondary N) is 1. The number of halogens is 2. The van der Waals surface area contributed by atoms with Crippen LogP contribution in [0.4, 0.5) is 19.4 Å². The summed E-state index contributed by atoms with van der Waals surface area (Å²) in [6, 6.07) is 13.2. The Bertz CT molecular complexity index is 1590. The molecule has 2 aromatic heterocycles. The van der Waals surface area contributed by atoms with Crippen molar-refractivity contribution in [3.63, 3.8) is 0 Å². The number of carbonyl (C=O) groups excluding carboxylic acids is 2. The van der Waals surface area contributed by atoms with E-state index in [1.165, 1.54) is 35.3 Å². The maximum Gasteiger partial charge on any atom is 0.317 e. The highest BCUT2D eigenvalue weighted by molar-refractivity contribution is 5.77. The normalized spacial score (nSPS) is 15.1. The van der Waals surface area contributed by atoms with Gasteiger partial charge in [0.05, 0.1) is 6.54 Å². The molecule has 12 nitrogen and oxygen atoms in total. The molecule has 14 heteroatoms. The Labute approximate surface area is 245 Å². The molecule has 0 aliphatic carbocycles. The Kier molecular flexibility index (Phi) is 8.07. The van der Waals surface area contributed by atoms with Crippen molar-refractivity contribution in [2.75, 3.05) is 57.3 Å². The molecule has 0 atom stereocenters. The lowest BCUT2D eigenvalue weighted by Crippen LogP contribution is -2.50. The first kappa shape index (κ1) is 28.0. The maximum atomic E-state index is 13.6. The van der Waals surface area contributed by atoms with Gasteiger partial charge in [0.25, 0.3) is 0 Å². The van der Waals surface area contributed by atoms with Crippen LogP contribution in [0.5, 0.6) is 5.88 Å². The Morgan fingerprint density at radius 2 is 1.60 bits per heavy atom. The Morgan fingerprint density at radius 3 is 2.28 bits per heavy atom. The van der Waals surface area contributed by atoms with Crippen molar-refractivity contribution in [2.24, 2.45) is 0 Å². The Balaban J connectivity index is 1.09. The van der Waals surface area contributed by atoms with Crippen LogP contribution in [-0.2, 0) is 11.3 Å². The number of benzene rings is 2. The van der Waals surface area contributed by atoms with Crippen molar-refractivity contribution in [1.82, 2.24) is 39.8 Å². The summed E-state index contributed by atoms with van der Waals surface area (Å²) in [6.45, 7) is 4.04. The van der Waals surface area contributed by atoms with Crippen LogP contribution in [0.15, 0.2) is 60.9 Å². The summed E-state index contributed by atoms with van der Waals surface area (Å²) in [6.07, 6.45) is 1.44. The highest BCUT2D eigenvalue weighted by Gasteiger charge is 2.25. The van der Waals surface area contributed by atoms with E-state index in [0.717, 1.165) is 0 Å². The van der Waals surface area contributed by atoms with Crippen LogP contribution in [-0.4, -0.2) is 98.9 Å². The summed E-state index contributed by atoms with van der Waals surface area (Å²) in [5.74, 6) is 0.939. The third-order valence-electron chi connectivity index (χ3n) is 7.30. The molecule has 1 N–H and O–H groups in total. The molecule has 2 saturated heterocycles. The first-order valence-electron chi connectivity index (χ1n) is 13.9. The number of hydrogen-bond acceptors (Lipinski definition) is 8. The summed E-state index contributed by atoms with van der Waals surface area (Å²) in [5, 5.41) is 7.30. The number of urea groups is 1. The lowest BCUT2D eigenvalue weighted by molar-refractivity contribution is -0.132. The van der Waals surface area contributed by atoms with E-state index < -0.39 is 0 Å². The lowest BCUT2D eigenvalue weighted by Gasteiger charge is -2.35. The van der Waals surface area contributed by atoms with E-state index in [1.807, 2.05) is 0 Å². The molecule has 43 heavy (non-hydrogen) atoms. The van der Waals surface area contributed by atoms with Gasteiger partial charge in [-0.05, 0) is 48.5 Å². The first-order valence-corrected chi connectivity index (χ1v) is 13.9. The predicted molar refractivity (Wildman–Crippen MR) is 152 cm³/mol. The molecule has 0 bridgehead atoms. The fourth-order valence-electron chi connectivity index (χ4n) is 4.97. The van der Waals surface area contributed by atoms with E-state index in [4.69, 9.17) is 4.74 Å². The van der Waals surface area contributed by atoms with Gasteiger partial charge in [-0.3, -0.25) is 4.79 Å². The van der Waals surface area contributed by atoms with Gasteiger partial charge in [0.2, 0.25) is 11.8 Å². The van der Waals surface area contributed by atoms with Crippen molar-refractivity contribution in [2.45, 2.75) is 6.54 Å². The van der Waals surface area contributed by atoms with Crippen LogP contribution in [0, 0.1) is 11.6 Å². The number of aromatic nitrogens is 5. The highest BCUT2D eigenvalue weighted by atomic mass is 19.1. The zero-order chi connectivity index (χ0) is 29.8. The SMILES string of the molecule is O=C(Cn1nc(-c2ccc(F)cc2)nc1-c1ccc(F)cc1)N1CCN(c2cc(OCCN3CCNC3=O)ncn2)CC1. The van der Waals surface area contributed by atoms with Gasteiger partial charge in [0.1, 0.15) is 36.9 Å². The van der Waals surface area contributed by atoms with E-state index in [0.29, 0.717) is 86.9 Å². The largest absolute Gasteiger partial charge is 0.476 e. The summed E-state index contributed by atoms with van der Waals surface area (Å²) in [5.41, 5.74) is 1.20. The van der Waals surface area contributed by atoms with Gasteiger partial charge >= 0.3 is 6.03 Å². The quantitative estimate of drug-likeness (QED) is 0.316. The summed E-state index contributed by atoms with van der Waals surface area (Å²) in [4.78, 5) is 43.7. The molecule has 4 aromatic rings. The number of hydrogen-bond donors (Lipinski definition) is 1. The second kappa shape index (κ2) is 12.4. The fraction of sp³-hybridized carbons (Fsp3) is 0.310. The average molecular weight is 590 g/mol. The Hall–Kier alpha value is -5.14. The van der Waals surface area contributed by atoms with Gasteiger partial charge in [0.15, 0.2) is 11.6 Å². The van der Waals surface area contributed by atoms with Crippen LogP contribution in [0.25, 0.3) is 22.8 Å². The molecule has 222 valence electrons. The predicted octanol–water partition coefficient (Wildman–Crippen LogP) is 2.43. The molecule has 6 rings (SSSR count).